The van der Waals surface area contributed by atoms with Crippen LogP contribution in [0.15, 0.2) is 0 Å². The zero-order chi connectivity index (χ0) is 13.2. The Morgan fingerprint density at radius 3 is 2.84 bits per heavy atom. The predicted octanol–water partition coefficient (Wildman–Crippen LogP) is 1.05. The van der Waals surface area contributed by atoms with Gasteiger partial charge in [-0.2, -0.15) is 0 Å². The van der Waals surface area contributed by atoms with Crippen LogP contribution in [-0.2, 0) is 4.74 Å². The Hall–Kier alpha value is -0.160. The van der Waals surface area contributed by atoms with Crippen LogP contribution in [0.25, 0.3) is 0 Å². The average Bonchev–Trinajstić information content (AvgIpc) is 2.94. The van der Waals surface area contributed by atoms with Crippen LogP contribution in [-0.4, -0.2) is 66.8 Å². The van der Waals surface area contributed by atoms with Gasteiger partial charge in [-0.25, -0.2) is 0 Å². The summed E-state index contributed by atoms with van der Waals surface area (Å²) in [6.07, 6.45) is 6.93. The number of piperazine rings is 1. The SMILES string of the molecule is CC1CN2CCCCC2CN1C(CN)C1CCCO1. The third-order valence-corrected chi connectivity index (χ3v) is 5.30. The van der Waals surface area contributed by atoms with E-state index < -0.39 is 0 Å². The van der Waals surface area contributed by atoms with Gasteiger partial charge in [0.1, 0.15) is 0 Å². The maximum atomic E-state index is 6.08. The molecule has 4 unspecified atom stereocenters. The predicted molar refractivity (Wildman–Crippen MR) is 77.2 cm³/mol. The lowest BCUT2D eigenvalue weighted by Crippen LogP contribution is -2.64. The molecule has 0 aromatic heterocycles. The fourth-order valence-corrected chi connectivity index (χ4v) is 4.24. The van der Waals surface area contributed by atoms with E-state index in [4.69, 9.17) is 10.5 Å². The summed E-state index contributed by atoms with van der Waals surface area (Å²) in [6.45, 7) is 7.75. The zero-order valence-corrected chi connectivity index (χ0v) is 12.3. The molecule has 0 spiro atoms. The molecule has 0 saturated carbocycles. The lowest BCUT2D eigenvalue weighted by Gasteiger charge is -2.50. The molecule has 110 valence electrons. The fraction of sp³-hybridized carbons (Fsp3) is 1.00. The van der Waals surface area contributed by atoms with E-state index in [9.17, 15) is 0 Å². The van der Waals surface area contributed by atoms with Crippen molar-refractivity contribution < 1.29 is 4.74 Å². The maximum Gasteiger partial charge on any atom is 0.0743 e. The van der Waals surface area contributed by atoms with Crippen molar-refractivity contribution in [3.8, 4) is 0 Å². The Kier molecular flexibility index (Phi) is 4.42. The van der Waals surface area contributed by atoms with Gasteiger partial charge in [0.05, 0.1) is 6.10 Å². The van der Waals surface area contributed by atoms with Gasteiger partial charge in [0.25, 0.3) is 0 Å². The van der Waals surface area contributed by atoms with Gasteiger partial charge in [-0.3, -0.25) is 9.80 Å². The van der Waals surface area contributed by atoms with Crippen LogP contribution in [0.3, 0.4) is 0 Å². The molecule has 4 heteroatoms. The molecule has 3 aliphatic rings. The molecular weight excluding hydrogens is 238 g/mol. The molecule has 0 bridgehead atoms. The molecule has 0 aromatic rings. The summed E-state index contributed by atoms with van der Waals surface area (Å²) in [6, 6.07) is 1.81. The molecule has 0 aromatic carbocycles. The van der Waals surface area contributed by atoms with Crippen LogP contribution in [0.4, 0.5) is 0 Å². The van der Waals surface area contributed by atoms with Gasteiger partial charge in [-0.1, -0.05) is 6.42 Å². The molecule has 3 aliphatic heterocycles. The van der Waals surface area contributed by atoms with Crippen molar-refractivity contribution in [3.05, 3.63) is 0 Å². The van der Waals surface area contributed by atoms with Crippen molar-refractivity contribution in [2.24, 2.45) is 5.73 Å². The highest BCUT2D eigenvalue weighted by Gasteiger charge is 2.39. The number of hydrogen-bond donors (Lipinski definition) is 1. The van der Waals surface area contributed by atoms with Crippen molar-refractivity contribution in [2.45, 2.75) is 63.3 Å². The molecular formula is C15H29N3O. The lowest BCUT2D eigenvalue weighted by molar-refractivity contribution is -0.0468. The number of piperidine rings is 1. The third kappa shape index (κ3) is 2.82. The average molecular weight is 267 g/mol. The highest BCUT2D eigenvalue weighted by molar-refractivity contribution is 4.95. The lowest BCUT2D eigenvalue weighted by atomic mass is 9.94. The molecule has 0 radical (unpaired) electrons. The van der Waals surface area contributed by atoms with Crippen molar-refractivity contribution >= 4 is 0 Å². The zero-order valence-electron chi connectivity index (χ0n) is 12.3. The maximum absolute atomic E-state index is 6.08. The summed E-state index contributed by atoms with van der Waals surface area (Å²) >= 11 is 0. The molecule has 0 aliphatic carbocycles. The van der Waals surface area contributed by atoms with Crippen LogP contribution < -0.4 is 5.73 Å². The molecule has 3 rings (SSSR count). The number of fused-ring (bicyclic) bond motifs is 1. The Morgan fingerprint density at radius 2 is 2.11 bits per heavy atom. The van der Waals surface area contributed by atoms with Crippen molar-refractivity contribution in [2.75, 3.05) is 32.8 Å². The molecule has 3 fully saturated rings. The second kappa shape index (κ2) is 6.08. The molecule has 2 N–H and O–H groups in total. The minimum absolute atomic E-state index is 0.377. The van der Waals surface area contributed by atoms with E-state index in [-0.39, 0.29) is 0 Å². The Balaban J connectivity index is 1.67. The summed E-state index contributed by atoms with van der Waals surface area (Å²) < 4.78 is 5.91. The molecule has 4 nitrogen and oxygen atoms in total. The van der Waals surface area contributed by atoms with Gasteiger partial charge in [0, 0.05) is 44.4 Å². The Labute approximate surface area is 117 Å². The topological polar surface area (TPSA) is 41.7 Å². The van der Waals surface area contributed by atoms with E-state index in [2.05, 4.69) is 16.7 Å². The van der Waals surface area contributed by atoms with E-state index in [1.165, 1.54) is 51.7 Å². The summed E-state index contributed by atoms with van der Waals surface area (Å²) in [4.78, 5) is 5.36. The number of hydrogen-bond acceptors (Lipinski definition) is 4. The van der Waals surface area contributed by atoms with E-state index in [0.717, 1.165) is 19.2 Å². The Morgan fingerprint density at radius 1 is 1.21 bits per heavy atom. The number of nitrogens with zero attached hydrogens (tertiary/aromatic N) is 2. The molecule has 4 atom stereocenters. The first-order valence-electron chi connectivity index (χ1n) is 8.11. The highest BCUT2D eigenvalue weighted by atomic mass is 16.5. The van der Waals surface area contributed by atoms with Crippen LogP contribution in [0, 0.1) is 0 Å². The van der Waals surface area contributed by atoms with Gasteiger partial charge in [0.15, 0.2) is 0 Å². The third-order valence-electron chi connectivity index (χ3n) is 5.30. The fourth-order valence-electron chi connectivity index (χ4n) is 4.24. The second-order valence-electron chi connectivity index (χ2n) is 6.54. The van der Waals surface area contributed by atoms with Gasteiger partial charge in [0.2, 0.25) is 0 Å². The van der Waals surface area contributed by atoms with E-state index in [1.54, 1.807) is 0 Å². The monoisotopic (exact) mass is 267 g/mol. The summed E-state index contributed by atoms with van der Waals surface area (Å²) in [5, 5.41) is 0. The van der Waals surface area contributed by atoms with Crippen LogP contribution in [0.2, 0.25) is 0 Å². The number of ether oxygens (including phenoxy) is 1. The minimum atomic E-state index is 0.377. The normalized spacial score (nSPS) is 39.2. The highest BCUT2D eigenvalue weighted by Crippen LogP contribution is 2.28. The van der Waals surface area contributed by atoms with Crippen LogP contribution in [0.1, 0.15) is 39.0 Å². The van der Waals surface area contributed by atoms with Crippen molar-refractivity contribution in [3.63, 3.8) is 0 Å². The van der Waals surface area contributed by atoms with Crippen LogP contribution >= 0.6 is 0 Å². The van der Waals surface area contributed by atoms with Gasteiger partial charge in [-0.05, 0) is 39.2 Å². The first-order valence-corrected chi connectivity index (χ1v) is 8.11. The summed E-state index contributed by atoms with van der Waals surface area (Å²) in [7, 11) is 0. The minimum Gasteiger partial charge on any atom is -0.377 e. The molecule has 19 heavy (non-hydrogen) atoms. The summed E-state index contributed by atoms with van der Waals surface area (Å²) in [5.41, 5.74) is 6.08. The van der Waals surface area contributed by atoms with Crippen molar-refractivity contribution in [1.82, 2.24) is 9.80 Å². The smallest absolute Gasteiger partial charge is 0.0743 e. The van der Waals surface area contributed by atoms with Gasteiger partial charge < -0.3 is 10.5 Å². The van der Waals surface area contributed by atoms with Crippen molar-refractivity contribution in [1.29, 1.82) is 0 Å². The Bertz CT molecular complexity index is 293. The molecule has 3 heterocycles. The summed E-state index contributed by atoms with van der Waals surface area (Å²) in [5.74, 6) is 0. The number of nitrogens with two attached hydrogens (primary N) is 1. The van der Waals surface area contributed by atoms with Crippen LogP contribution in [0.5, 0.6) is 0 Å². The quantitative estimate of drug-likeness (QED) is 0.830. The standard InChI is InChI=1S/C15H29N3O/c1-12-10-17-7-3-2-5-13(17)11-18(12)14(9-16)15-6-4-8-19-15/h12-15H,2-11,16H2,1H3. The first-order chi connectivity index (χ1) is 9.29. The number of rotatable bonds is 3. The largest absolute Gasteiger partial charge is 0.377 e. The van der Waals surface area contributed by atoms with Gasteiger partial charge >= 0.3 is 0 Å². The van der Waals surface area contributed by atoms with E-state index in [1.807, 2.05) is 0 Å². The second-order valence-corrected chi connectivity index (χ2v) is 6.54. The molecule has 0 amide bonds. The first kappa shape index (κ1) is 13.8. The van der Waals surface area contributed by atoms with E-state index in [0.29, 0.717) is 18.2 Å². The van der Waals surface area contributed by atoms with Gasteiger partial charge in [-0.15, -0.1) is 0 Å². The van der Waals surface area contributed by atoms with E-state index >= 15 is 0 Å². The molecule has 3 saturated heterocycles.